The van der Waals surface area contributed by atoms with E-state index in [-0.39, 0.29) is 12.4 Å². The number of nitrogens with zero attached hydrogens (tertiary/aromatic N) is 1. The second kappa shape index (κ2) is 8.63. The van der Waals surface area contributed by atoms with Crippen LogP contribution in [0.2, 0.25) is 0 Å². The first-order chi connectivity index (χ1) is 9.90. The molecule has 0 aromatic heterocycles. The average molecular weight is 313 g/mol. The molecule has 21 heavy (non-hydrogen) atoms. The van der Waals surface area contributed by atoms with Crippen molar-refractivity contribution in [2.24, 2.45) is 10.7 Å². The Labute approximate surface area is 126 Å². The van der Waals surface area contributed by atoms with Crippen LogP contribution >= 0.6 is 0 Å². The summed E-state index contributed by atoms with van der Waals surface area (Å²) in [4.78, 5) is 4.12. The molecule has 7 heteroatoms. The second-order valence-corrected chi connectivity index (χ2v) is 6.95. The van der Waals surface area contributed by atoms with Crippen LogP contribution in [0.5, 0.6) is 0 Å². The number of hydrogen-bond acceptors (Lipinski definition) is 4. The minimum absolute atomic E-state index is 0.0221. The van der Waals surface area contributed by atoms with Gasteiger partial charge in [0.05, 0.1) is 25.5 Å². The van der Waals surface area contributed by atoms with Crippen molar-refractivity contribution in [2.45, 2.75) is 13.3 Å². The Bertz CT molecular complexity index is 571. The Hall–Kier alpha value is -1.60. The maximum Gasteiger partial charge on any atom is 0.193 e. The van der Waals surface area contributed by atoms with E-state index >= 15 is 0 Å². The summed E-state index contributed by atoms with van der Waals surface area (Å²) in [5, 5.41) is 3.01. The van der Waals surface area contributed by atoms with Crippen LogP contribution < -0.4 is 11.1 Å². The summed E-state index contributed by atoms with van der Waals surface area (Å²) in [6.45, 7) is 2.99. The molecule has 118 valence electrons. The summed E-state index contributed by atoms with van der Waals surface area (Å²) in [5.41, 5.74) is 7.88. The van der Waals surface area contributed by atoms with Crippen molar-refractivity contribution in [3.8, 4) is 0 Å². The maximum absolute atomic E-state index is 10.9. The molecular formula is C14H23N3O3S. The summed E-state index contributed by atoms with van der Waals surface area (Å²) in [7, 11) is -2.97. The molecule has 0 fully saturated rings. The summed E-state index contributed by atoms with van der Waals surface area (Å²) in [6, 6.07) is 7.95. The monoisotopic (exact) mass is 313 g/mol. The molecule has 0 bridgehead atoms. The molecular weight excluding hydrogens is 290 g/mol. The van der Waals surface area contributed by atoms with Gasteiger partial charge in [-0.15, -0.1) is 0 Å². The van der Waals surface area contributed by atoms with Gasteiger partial charge in [0.25, 0.3) is 0 Å². The largest absolute Gasteiger partial charge is 0.378 e. The standard InChI is InChI=1S/C14H23N3O3S/c1-3-12-5-4-6-13(11-12)17-14(15)16-7-8-20-9-10-21(2,18)19/h4-6,11H,3,7-10H2,1-2H3,(H3,15,16,17). The van der Waals surface area contributed by atoms with Crippen LogP contribution in [0, 0.1) is 0 Å². The zero-order valence-electron chi connectivity index (χ0n) is 12.5. The molecule has 1 rings (SSSR count). The quantitative estimate of drug-likeness (QED) is 0.425. The van der Waals surface area contributed by atoms with Crippen molar-refractivity contribution in [3.05, 3.63) is 29.8 Å². The van der Waals surface area contributed by atoms with Gasteiger partial charge in [-0.05, 0) is 24.1 Å². The molecule has 0 heterocycles. The SMILES string of the molecule is CCc1cccc(NC(N)=NCCOCCS(C)(=O)=O)c1. The molecule has 6 nitrogen and oxygen atoms in total. The summed E-state index contributed by atoms with van der Waals surface area (Å²) >= 11 is 0. The number of guanidine groups is 1. The van der Waals surface area contributed by atoms with Crippen LogP contribution in [0.15, 0.2) is 29.3 Å². The lowest BCUT2D eigenvalue weighted by atomic mass is 10.1. The van der Waals surface area contributed by atoms with Gasteiger partial charge in [0.15, 0.2) is 5.96 Å². The first-order valence-electron chi connectivity index (χ1n) is 6.82. The number of nitrogens with one attached hydrogen (secondary N) is 1. The molecule has 3 N–H and O–H groups in total. The van der Waals surface area contributed by atoms with E-state index in [1.807, 2.05) is 24.3 Å². The lowest BCUT2D eigenvalue weighted by Crippen LogP contribution is -2.23. The third kappa shape index (κ3) is 8.31. The molecule has 0 unspecified atom stereocenters. The van der Waals surface area contributed by atoms with E-state index in [4.69, 9.17) is 10.5 Å². The highest BCUT2D eigenvalue weighted by Gasteiger charge is 2.01. The zero-order valence-corrected chi connectivity index (χ0v) is 13.3. The third-order valence-corrected chi connectivity index (χ3v) is 3.63. The second-order valence-electron chi connectivity index (χ2n) is 4.69. The van der Waals surface area contributed by atoms with Gasteiger partial charge < -0.3 is 15.8 Å². The van der Waals surface area contributed by atoms with Crippen LogP contribution in [0.4, 0.5) is 5.69 Å². The van der Waals surface area contributed by atoms with Crippen LogP contribution in [-0.2, 0) is 21.0 Å². The highest BCUT2D eigenvalue weighted by Crippen LogP contribution is 2.10. The Morgan fingerprint density at radius 1 is 1.38 bits per heavy atom. The van der Waals surface area contributed by atoms with Gasteiger partial charge in [0, 0.05) is 11.9 Å². The molecule has 0 radical (unpaired) electrons. The Balaban J connectivity index is 2.30. The molecule has 0 spiro atoms. The Morgan fingerprint density at radius 2 is 2.14 bits per heavy atom. The van der Waals surface area contributed by atoms with Gasteiger partial charge in [-0.2, -0.15) is 0 Å². The molecule has 0 saturated heterocycles. The zero-order chi connectivity index (χ0) is 15.7. The molecule has 0 saturated carbocycles. The smallest absolute Gasteiger partial charge is 0.193 e. The number of ether oxygens (including phenoxy) is 1. The number of rotatable bonds is 8. The van der Waals surface area contributed by atoms with Crippen molar-refractivity contribution < 1.29 is 13.2 Å². The van der Waals surface area contributed by atoms with E-state index in [2.05, 4.69) is 17.2 Å². The van der Waals surface area contributed by atoms with E-state index in [1.54, 1.807) is 0 Å². The third-order valence-electron chi connectivity index (χ3n) is 2.72. The fraction of sp³-hybridized carbons (Fsp3) is 0.500. The van der Waals surface area contributed by atoms with E-state index in [0.717, 1.165) is 12.1 Å². The van der Waals surface area contributed by atoms with Crippen LogP contribution in [0.3, 0.4) is 0 Å². The van der Waals surface area contributed by atoms with E-state index in [9.17, 15) is 8.42 Å². The molecule has 1 aromatic carbocycles. The number of benzene rings is 1. The predicted molar refractivity (Wildman–Crippen MR) is 86.5 cm³/mol. The van der Waals surface area contributed by atoms with Gasteiger partial charge in [0.1, 0.15) is 9.84 Å². The van der Waals surface area contributed by atoms with E-state index in [0.29, 0.717) is 19.1 Å². The number of aliphatic imine (C=N–C) groups is 1. The van der Waals surface area contributed by atoms with Crippen molar-refractivity contribution in [2.75, 3.05) is 37.1 Å². The van der Waals surface area contributed by atoms with Crippen LogP contribution in [-0.4, -0.2) is 46.1 Å². The van der Waals surface area contributed by atoms with Crippen LogP contribution in [0.25, 0.3) is 0 Å². The lowest BCUT2D eigenvalue weighted by molar-refractivity contribution is 0.157. The summed E-state index contributed by atoms with van der Waals surface area (Å²) < 4.78 is 27.0. The number of sulfone groups is 1. The minimum Gasteiger partial charge on any atom is -0.378 e. The highest BCUT2D eigenvalue weighted by atomic mass is 32.2. The molecule has 0 amide bonds. The average Bonchev–Trinajstić information content (AvgIpc) is 2.41. The summed E-state index contributed by atoms with van der Waals surface area (Å²) in [5.74, 6) is 0.337. The van der Waals surface area contributed by atoms with Gasteiger partial charge in [-0.25, -0.2) is 8.42 Å². The first kappa shape index (κ1) is 17.5. The Kier molecular flexibility index (Phi) is 7.18. The van der Waals surface area contributed by atoms with Gasteiger partial charge >= 0.3 is 0 Å². The Morgan fingerprint density at radius 3 is 2.81 bits per heavy atom. The van der Waals surface area contributed by atoms with E-state index < -0.39 is 9.84 Å². The number of anilines is 1. The predicted octanol–water partition coefficient (Wildman–Crippen LogP) is 1.04. The van der Waals surface area contributed by atoms with Gasteiger partial charge in [-0.3, -0.25) is 4.99 Å². The topological polar surface area (TPSA) is 93.8 Å². The maximum atomic E-state index is 10.9. The van der Waals surface area contributed by atoms with Crippen LogP contribution in [0.1, 0.15) is 12.5 Å². The first-order valence-corrected chi connectivity index (χ1v) is 8.88. The highest BCUT2D eigenvalue weighted by molar-refractivity contribution is 7.90. The molecule has 0 atom stereocenters. The molecule has 0 aliphatic carbocycles. The lowest BCUT2D eigenvalue weighted by Gasteiger charge is -2.07. The normalized spacial score (nSPS) is 12.4. The summed E-state index contributed by atoms with van der Waals surface area (Å²) in [6.07, 6.45) is 2.14. The molecule has 1 aromatic rings. The molecule has 0 aliphatic rings. The number of hydrogen-bond donors (Lipinski definition) is 2. The fourth-order valence-electron chi connectivity index (χ4n) is 1.60. The minimum atomic E-state index is -2.97. The number of aryl methyl sites for hydroxylation is 1. The van der Waals surface area contributed by atoms with Crippen molar-refractivity contribution in [1.82, 2.24) is 0 Å². The van der Waals surface area contributed by atoms with E-state index in [1.165, 1.54) is 11.8 Å². The number of nitrogens with two attached hydrogens (primary N) is 1. The molecule has 0 aliphatic heterocycles. The van der Waals surface area contributed by atoms with Gasteiger partial charge in [-0.1, -0.05) is 19.1 Å². The van der Waals surface area contributed by atoms with Crippen molar-refractivity contribution in [3.63, 3.8) is 0 Å². The van der Waals surface area contributed by atoms with Gasteiger partial charge in [0.2, 0.25) is 0 Å². The van der Waals surface area contributed by atoms with Crippen molar-refractivity contribution in [1.29, 1.82) is 0 Å². The van der Waals surface area contributed by atoms with Crippen molar-refractivity contribution >= 4 is 21.5 Å². The fourth-order valence-corrected chi connectivity index (χ4v) is 2.02.